The molecule has 3 heterocycles. The number of nitrogens with two attached hydrogens (primary N) is 2. The Bertz CT molecular complexity index is 602. The summed E-state index contributed by atoms with van der Waals surface area (Å²) in [6.45, 7) is -0.265. The third-order valence-corrected chi connectivity index (χ3v) is 3.27. The van der Waals surface area contributed by atoms with E-state index in [0.717, 1.165) is 0 Å². The van der Waals surface area contributed by atoms with Crippen LogP contribution in [0, 0.1) is 0 Å². The lowest BCUT2D eigenvalue weighted by atomic mass is 10.1. The van der Waals surface area contributed by atoms with Crippen LogP contribution in [0.5, 0.6) is 0 Å². The number of hydrogen-bond donors (Lipinski definition) is 4. The summed E-state index contributed by atoms with van der Waals surface area (Å²) < 4.78 is 7.06. The first kappa shape index (κ1) is 12.2. The van der Waals surface area contributed by atoms with Crippen LogP contribution in [0.3, 0.4) is 0 Å². The van der Waals surface area contributed by atoms with Crippen molar-refractivity contribution in [1.29, 1.82) is 0 Å². The van der Waals surface area contributed by atoms with Gasteiger partial charge in [0, 0.05) is 0 Å². The second-order valence-corrected chi connectivity index (χ2v) is 4.40. The SMILES string of the molecule is Nc1ncnc2c1ncn2[C@H]1O[C@H](CO)[C@@H](N)[C@@H]1O. The third-order valence-electron chi connectivity index (χ3n) is 3.27. The van der Waals surface area contributed by atoms with E-state index in [1.165, 1.54) is 17.2 Å². The molecule has 9 heteroatoms. The van der Waals surface area contributed by atoms with Crippen molar-refractivity contribution in [1.82, 2.24) is 19.5 Å². The third kappa shape index (κ3) is 1.75. The molecular weight excluding hydrogens is 252 g/mol. The fourth-order valence-corrected chi connectivity index (χ4v) is 2.21. The largest absolute Gasteiger partial charge is 0.394 e. The van der Waals surface area contributed by atoms with Gasteiger partial charge in [0.05, 0.1) is 19.0 Å². The van der Waals surface area contributed by atoms with Crippen LogP contribution in [0.2, 0.25) is 0 Å². The van der Waals surface area contributed by atoms with Gasteiger partial charge in [-0.3, -0.25) is 4.57 Å². The van der Waals surface area contributed by atoms with Gasteiger partial charge >= 0.3 is 0 Å². The van der Waals surface area contributed by atoms with Crippen molar-refractivity contribution in [3.05, 3.63) is 12.7 Å². The summed E-state index contributed by atoms with van der Waals surface area (Å²) in [6, 6.07) is -0.674. The van der Waals surface area contributed by atoms with Crippen molar-refractivity contribution in [3.63, 3.8) is 0 Å². The van der Waals surface area contributed by atoms with E-state index in [9.17, 15) is 5.11 Å². The van der Waals surface area contributed by atoms with Gasteiger partial charge in [0.1, 0.15) is 24.1 Å². The molecule has 102 valence electrons. The summed E-state index contributed by atoms with van der Waals surface area (Å²) in [5, 5.41) is 19.2. The fourth-order valence-electron chi connectivity index (χ4n) is 2.21. The molecule has 4 atom stereocenters. The first-order valence-electron chi connectivity index (χ1n) is 5.76. The molecule has 1 fully saturated rings. The minimum atomic E-state index is -0.967. The summed E-state index contributed by atoms with van der Waals surface area (Å²) in [6.07, 6.45) is 0.408. The number of imidazole rings is 1. The zero-order valence-electron chi connectivity index (χ0n) is 9.92. The number of nitrogens with zero attached hydrogens (tertiary/aromatic N) is 4. The lowest BCUT2D eigenvalue weighted by molar-refractivity contribution is -0.0488. The summed E-state index contributed by atoms with van der Waals surface area (Å²) >= 11 is 0. The molecule has 1 aliphatic heterocycles. The molecule has 0 bridgehead atoms. The molecule has 2 aromatic heterocycles. The number of aromatic nitrogens is 4. The quantitative estimate of drug-likeness (QED) is 0.487. The van der Waals surface area contributed by atoms with Crippen molar-refractivity contribution in [2.24, 2.45) is 5.73 Å². The van der Waals surface area contributed by atoms with E-state index in [1.54, 1.807) is 0 Å². The maximum absolute atomic E-state index is 10.1. The molecule has 0 unspecified atom stereocenters. The van der Waals surface area contributed by atoms with E-state index in [0.29, 0.717) is 11.2 Å². The van der Waals surface area contributed by atoms with Crippen LogP contribution in [0.25, 0.3) is 11.2 Å². The second kappa shape index (κ2) is 4.38. The lowest BCUT2D eigenvalue weighted by Crippen LogP contribution is -2.41. The van der Waals surface area contributed by atoms with Gasteiger partial charge < -0.3 is 26.4 Å². The van der Waals surface area contributed by atoms with Gasteiger partial charge in [0.15, 0.2) is 17.7 Å². The number of rotatable bonds is 2. The highest BCUT2D eigenvalue weighted by atomic mass is 16.5. The van der Waals surface area contributed by atoms with E-state index in [1.807, 2.05) is 0 Å². The molecular formula is C10H14N6O3. The number of hydrogen-bond acceptors (Lipinski definition) is 8. The van der Waals surface area contributed by atoms with E-state index in [-0.39, 0.29) is 12.4 Å². The van der Waals surface area contributed by atoms with Crippen LogP contribution < -0.4 is 11.5 Å². The van der Waals surface area contributed by atoms with E-state index in [4.69, 9.17) is 21.3 Å². The van der Waals surface area contributed by atoms with Crippen LogP contribution in [-0.4, -0.2) is 54.6 Å². The molecule has 0 radical (unpaired) electrons. The van der Waals surface area contributed by atoms with Crippen molar-refractivity contribution in [3.8, 4) is 0 Å². The van der Waals surface area contributed by atoms with Crippen molar-refractivity contribution >= 4 is 17.0 Å². The molecule has 0 aliphatic carbocycles. The van der Waals surface area contributed by atoms with Gasteiger partial charge in [-0.1, -0.05) is 0 Å². The molecule has 2 aromatic rings. The van der Waals surface area contributed by atoms with Crippen molar-refractivity contribution in [2.45, 2.75) is 24.5 Å². The molecule has 0 aromatic carbocycles. The van der Waals surface area contributed by atoms with Crippen LogP contribution in [-0.2, 0) is 4.74 Å². The molecule has 9 nitrogen and oxygen atoms in total. The topological polar surface area (TPSA) is 145 Å². The lowest BCUT2D eigenvalue weighted by Gasteiger charge is -2.16. The first-order chi connectivity index (χ1) is 9.13. The molecule has 1 saturated heterocycles. The number of ether oxygens (including phenoxy) is 1. The highest BCUT2D eigenvalue weighted by Gasteiger charge is 2.42. The zero-order chi connectivity index (χ0) is 13.6. The minimum Gasteiger partial charge on any atom is -0.394 e. The summed E-state index contributed by atoms with van der Waals surface area (Å²) in [5.41, 5.74) is 12.3. The second-order valence-electron chi connectivity index (χ2n) is 4.40. The number of nitrogen functional groups attached to an aromatic ring is 1. The summed E-state index contributed by atoms with van der Waals surface area (Å²) in [5.74, 6) is 0.249. The Balaban J connectivity index is 2.04. The standard InChI is InChI=1S/C10H14N6O3/c11-5-4(1-17)19-10(7(5)18)16-3-15-6-8(12)13-2-14-9(6)16/h2-5,7,10,17-18H,1,11H2,(H2,12,13,14)/t4-,5-,7+,10+/m1/s1. The predicted molar refractivity (Wildman–Crippen MR) is 64.7 cm³/mol. The van der Waals surface area contributed by atoms with Crippen LogP contribution >= 0.6 is 0 Å². The van der Waals surface area contributed by atoms with Gasteiger partial charge in [0.2, 0.25) is 0 Å². The first-order valence-corrected chi connectivity index (χ1v) is 5.76. The maximum Gasteiger partial charge on any atom is 0.167 e. The predicted octanol–water partition coefficient (Wildman–Crippen LogP) is -2.01. The van der Waals surface area contributed by atoms with Gasteiger partial charge in [-0.2, -0.15) is 0 Å². The Kier molecular flexibility index (Phi) is 2.82. The van der Waals surface area contributed by atoms with E-state index < -0.39 is 24.5 Å². The number of aliphatic hydroxyl groups excluding tert-OH is 2. The average molecular weight is 266 g/mol. The summed E-state index contributed by atoms with van der Waals surface area (Å²) in [4.78, 5) is 12.0. The van der Waals surface area contributed by atoms with Gasteiger partial charge in [-0.05, 0) is 0 Å². The molecule has 6 N–H and O–H groups in total. The summed E-state index contributed by atoms with van der Waals surface area (Å²) in [7, 11) is 0. The molecule has 0 spiro atoms. The maximum atomic E-state index is 10.1. The Labute approximate surface area is 107 Å². The van der Waals surface area contributed by atoms with E-state index >= 15 is 0 Å². The van der Waals surface area contributed by atoms with Gasteiger partial charge in [0.25, 0.3) is 0 Å². The fraction of sp³-hybridized carbons (Fsp3) is 0.500. The van der Waals surface area contributed by atoms with E-state index in [2.05, 4.69) is 15.0 Å². The van der Waals surface area contributed by atoms with Crippen LogP contribution in [0.15, 0.2) is 12.7 Å². The molecule has 1 aliphatic rings. The number of anilines is 1. The number of fused-ring (bicyclic) bond motifs is 1. The average Bonchev–Trinajstić information content (AvgIpc) is 2.94. The van der Waals surface area contributed by atoms with Gasteiger partial charge in [-0.15, -0.1) is 0 Å². The molecule has 0 amide bonds. The van der Waals surface area contributed by atoms with Gasteiger partial charge in [-0.25, -0.2) is 15.0 Å². The Morgan fingerprint density at radius 3 is 2.84 bits per heavy atom. The molecule has 0 saturated carbocycles. The smallest absolute Gasteiger partial charge is 0.167 e. The van der Waals surface area contributed by atoms with Crippen molar-refractivity contribution in [2.75, 3.05) is 12.3 Å². The molecule has 19 heavy (non-hydrogen) atoms. The Morgan fingerprint density at radius 1 is 1.37 bits per heavy atom. The Morgan fingerprint density at radius 2 is 2.16 bits per heavy atom. The Hall–Kier alpha value is -1.81. The zero-order valence-corrected chi connectivity index (χ0v) is 9.92. The highest BCUT2D eigenvalue weighted by Crippen LogP contribution is 2.30. The minimum absolute atomic E-state index is 0.249. The van der Waals surface area contributed by atoms with Crippen LogP contribution in [0.4, 0.5) is 5.82 Å². The highest BCUT2D eigenvalue weighted by molar-refractivity contribution is 5.81. The normalized spacial score (nSPS) is 31.1. The number of aliphatic hydroxyl groups is 2. The molecule has 3 rings (SSSR count). The van der Waals surface area contributed by atoms with Crippen LogP contribution in [0.1, 0.15) is 6.23 Å². The van der Waals surface area contributed by atoms with Crippen molar-refractivity contribution < 1.29 is 14.9 Å². The monoisotopic (exact) mass is 266 g/mol.